The molecule has 0 aliphatic carbocycles. The van der Waals surface area contributed by atoms with E-state index >= 15 is 0 Å². The lowest BCUT2D eigenvalue weighted by atomic mass is 9.97. The average molecular weight is 233 g/mol. The molecule has 2 rings (SSSR count). The molecule has 90 valence electrons. The van der Waals surface area contributed by atoms with E-state index < -0.39 is 5.41 Å². The third kappa shape index (κ3) is 2.38. The Balaban J connectivity index is 2.28. The summed E-state index contributed by atoms with van der Waals surface area (Å²) in [6.45, 7) is 5.42. The number of aromatic nitrogens is 2. The number of rotatable bonds is 1. The van der Waals surface area contributed by atoms with Gasteiger partial charge in [-0.3, -0.25) is 4.79 Å². The first kappa shape index (κ1) is 11.4. The second kappa shape index (κ2) is 3.76. The zero-order valence-electron chi connectivity index (χ0n) is 10.1. The third-order valence-corrected chi connectivity index (χ3v) is 2.29. The topological polar surface area (TPSA) is 81.0 Å². The van der Waals surface area contributed by atoms with Crippen molar-refractivity contribution in [2.45, 2.75) is 20.8 Å². The van der Waals surface area contributed by atoms with Gasteiger partial charge in [-0.15, -0.1) is 0 Å². The first-order chi connectivity index (χ1) is 7.86. The summed E-state index contributed by atoms with van der Waals surface area (Å²) >= 11 is 0. The number of H-pyrrole nitrogens is 1. The smallest absolute Gasteiger partial charge is 0.316 e. The second-order valence-corrected chi connectivity index (χ2v) is 4.94. The van der Waals surface area contributed by atoms with Crippen molar-refractivity contribution < 1.29 is 9.53 Å². The lowest BCUT2D eigenvalue weighted by molar-refractivity contribution is -0.142. The molecule has 0 saturated carbocycles. The van der Waals surface area contributed by atoms with Gasteiger partial charge in [0.15, 0.2) is 5.95 Å². The van der Waals surface area contributed by atoms with Gasteiger partial charge in [-0.2, -0.15) is 0 Å². The summed E-state index contributed by atoms with van der Waals surface area (Å²) in [5.41, 5.74) is 6.51. The highest BCUT2D eigenvalue weighted by molar-refractivity contribution is 5.82. The van der Waals surface area contributed by atoms with E-state index in [9.17, 15) is 4.79 Å². The maximum Gasteiger partial charge on any atom is 0.316 e. The van der Waals surface area contributed by atoms with E-state index in [1.807, 2.05) is 20.8 Å². The number of carbonyl (C=O) groups is 1. The summed E-state index contributed by atoms with van der Waals surface area (Å²) < 4.78 is 5.27. The summed E-state index contributed by atoms with van der Waals surface area (Å²) in [4.78, 5) is 18.7. The van der Waals surface area contributed by atoms with Gasteiger partial charge in [0.05, 0.1) is 16.4 Å². The number of nitrogens with two attached hydrogens (primary N) is 1. The van der Waals surface area contributed by atoms with Crippen molar-refractivity contribution in [2.24, 2.45) is 5.41 Å². The summed E-state index contributed by atoms with van der Waals surface area (Å²) in [6, 6.07) is 5.17. The number of nitrogens with zero attached hydrogens (tertiary/aromatic N) is 1. The maximum absolute atomic E-state index is 11.7. The highest BCUT2D eigenvalue weighted by Gasteiger charge is 2.23. The van der Waals surface area contributed by atoms with Crippen LogP contribution in [-0.4, -0.2) is 15.9 Å². The Hall–Kier alpha value is -2.04. The summed E-state index contributed by atoms with van der Waals surface area (Å²) in [5.74, 6) is 0.560. The quantitative estimate of drug-likeness (QED) is 0.583. The molecule has 0 radical (unpaired) electrons. The highest BCUT2D eigenvalue weighted by atomic mass is 16.5. The van der Waals surface area contributed by atoms with Crippen LogP contribution in [0.25, 0.3) is 11.0 Å². The summed E-state index contributed by atoms with van der Waals surface area (Å²) in [5, 5.41) is 0. The molecule has 17 heavy (non-hydrogen) atoms. The molecule has 2 aromatic rings. The predicted octanol–water partition coefficient (Wildman–Crippen LogP) is 2.10. The molecular weight excluding hydrogens is 218 g/mol. The van der Waals surface area contributed by atoms with Gasteiger partial charge in [-0.1, -0.05) is 0 Å². The number of aromatic amines is 1. The van der Waals surface area contributed by atoms with Gasteiger partial charge in [0.1, 0.15) is 5.75 Å². The Labute approximate surface area is 99.0 Å². The zero-order valence-corrected chi connectivity index (χ0v) is 10.1. The molecule has 0 atom stereocenters. The number of ether oxygens (including phenoxy) is 1. The van der Waals surface area contributed by atoms with Gasteiger partial charge in [0.25, 0.3) is 0 Å². The average Bonchev–Trinajstić information content (AvgIpc) is 2.55. The first-order valence-electron chi connectivity index (χ1n) is 5.34. The van der Waals surface area contributed by atoms with Crippen molar-refractivity contribution in [3.05, 3.63) is 18.2 Å². The second-order valence-electron chi connectivity index (χ2n) is 4.94. The molecule has 1 heterocycles. The minimum Gasteiger partial charge on any atom is -0.426 e. The van der Waals surface area contributed by atoms with Gasteiger partial charge in [-0.05, 0) is 32.9 Å². The van der Waals surface area contributed by atoms with Crippen LogP contribution in [0.4, 0.5) is 5.95 Å². The molecule has 0 aliphatic rings. The van der Waals surface area contributed by atoms with Crippen LogP contribution >= 0.6 is 0 Å². The molecule has 1 aromatic carbocycles. The van der Waals surface area contributed by atoms with E-state index in [2.05, 4.69) is 9.97 Å². The fourth-order valence-corrected chi connectivity index (χ4v) is 1.33. The van der Waals surface area contributed by atoms with Crippen molar-refractivity contribution in [1.82, 2.24) is 9.97 Å². The highest BCUT2D eigenvalue weighted by Crippen LogP contribution is 2.23. The third-order valence-electron chi connectivity index (χ3n) is 2.29. The SMILES string of the molecule is CC(C)(C)C(=O)Oc1ccc2nc(N)[nH]c2c1. The van der Waals surface area contributed by atoms with Crippen molar-refractivity contribution in [1.29, 1.82) is 0 Å². The van der Waals surface area contributed by atoms with Gasteiger partial charge >= 0.3 is 5.97 Å². The number of benzene rings is 1. The Bertz CT molecular complexity index is 567. The maximum atomic E-state index is 11.7. The number of esters is 1. The van der Waals surface area contributed by atoms with Crippen molar-refractivity contribution in [3.8, 4) is 5.75 Å². The zero-order chi connectivity index (χ0) is 12.6. The molecule has 0 aliphatic heterocycles. The Morgan fingerprint density at radius 1 is 1.41 bits per heavy atom. The van der Waals surface area contributed by atoms with Crippen LogP contribution in [0, 0.1) is 5.41 Å². The molecule has 0 amide bonds. The normalized spacial score (nSPS) is 11.7. The van der Waals surface area contributed by atoms with E-state index in [0.717, 1.165) is 11.0 Å². The van der Waals surface area contributed by atoms with Crippen LogP contribution < -0.4 is 10.5 Å². The Morgan fingerprint density at radius 3 is 2.76 bits per heavy atom. The molecule has 0 bridgehead atoms. The Kier molecular flexibility index (Phi) is 2.53. The minimum atomic E-state index is -0.526. The number of fused-ring (bicyclic) bond motifs is 1. The fraction of sp³-hybridized carbons (Fsp3) is 0.333. The number of imidazole rings is 1. The lowest BCUT2D eigenvalue weighted by Gasteiger charge is -2.16. The van der Waals surface area contributed by atoms with Crippen molar-refractivity contribution in [2.75, 3.05) is 5.73 Å². The largest absolute Gasteiger partial charge is 0.426 e. The molecule has 0 saturated heterocycles. The molecule has 0 spiro atoms. The Morgan fingerprint density at radius 2 is 2.12 bits per heavy atom. The van der Waals surface area contributed by atoms with Crippen LogP contribution in [0.15, 0.2) is 18.2 Å². The van der Waals surface area contributed by atoms with E-state index in [-0.39, 0.29) is 5.97 Å². The van der Waals surface area contributed by atoms with Gasteiger partial charge < -0.3 is 15.5 Å². The van der Waals surface area contributed by atoms with Crippen LogP contribution in [0.3, 0.4) is 0 Å². The summed E-state index contributed by atoms with van der Waals surface area (Å²) in [7, 11) is 0. The first-order valence-corrected chi connectivity index (χ1v) is 5.34. The van der Waals surface area contributed by atoms with Crippen LogP contribution in [0.2, 0.25) is 0 Å². The van der Waals surface area contributed by atoms with Gasteiger partial charge in [-0.25, -0.2) is 4.98 Å². The molecule has 3 N–H and O–H groups in total. The van der Waals surface area contributed by atoms with E-state index in [1.165, 1.54) is 0 Å². The molecule has 1 aromatic heterocycles. The predicted molar refractivity (Wildman–Crippen MR) is 65.6 cm³/mol. The van der Waals surface area contributed by atoms with E-state index in [4.69, 9.17) is 10.5 Å². The van der Waals surface area contributed by atoms with Gasteiger partial charge in [0.2, 0.25) is 0 Å². The number of carbonyl (C=O) groups excluding carboxylic acids is 1. The fourth-order valence-electron chi connectivity index (χ4n) is 1.33. The number of nitrogens with one attached hydrogen (secondary N) is 1. The standard InChI is InChI=1S/C12H15N3O2/c1-12(2,3)10(16)17-7-4-5-8-9(6-7)15-11(13)14-8/h4-6H,1-3H3,(H3,13,14,15). The van der Waals surface area contributed by atoms with Crippen molar-refractivity contribution >= 4 is 23.0 Å². The summed E-state index contributed by atoms with van der Waals surface area (Å²) in [6.07, 6.45) is 0. The number of hydrogen-bond acceptors (Lipinski definition) is 4. The molecule has 5 heteroatoms. The molecule has 0 unspecified atom stereocenters. The number of nitrogen functional groups attached to an aromatic ring is 1. The van der Waals surface area contributed by atoms with Gasteiger partial charge in [0, 0.05) is 6.07 Å². The lowest BCUT2D eigenvalue weighted by Crippen LogP contribution is -2.25. The van der Waals surface area contributed by atoms with Crippen molar-refractivity contribution in [3.63, 3.8) is 0 Å². The monoisotopic (exact) mass is 233 g/mol. The van der Waals surface area contributed by atoms with E-state index in [0.29, 0.717) is 11.7 Å². The number of hydrogen-bond donors (Lipinski definition) is 2. The minimum absolute atomic E-state index is 0.274. The van der Waals surface area contributed by atoms with Crippen LogP contribution in [-0.2, 0) is 4.79 Å². The van der Waals surface area contributed by atoms with Crippen LogP contribution in [0.1, 0.15) is 20.8 Å². The molecule has 0 fully saturated rings. The van der Waals surface area contributed by atoms with E-state index in [1.54, 1.807) is 18.2 Å². The number of anilines is 1. The van der Waals surface area contributed by atoms with Crippen LogP contribution in [0.5, 0.6) is 5.75 Å². The molecular formula is C12H15N3O2. The molecule has 5 nitrogen and oxygen atoms in total.